The Labute approximate surface area is 138 Å². The van der Waals surface area contributed by atoms with E-state index in [2.05, 4.69) is 29.8 Å². The summed E-state index contributed by atoms with van der Waals surface area (Å²) < 4.78 is 12.6. The van der Waals surface area contributed by atoms with Crippen molar-refractivity contribution < 1.29 is 14.3 Å². The van der Waals surface area contributed by atoms with Gasteiger partial charge in [-0.05, 0) is 36.6 Å². The van der Waals surface area contributed by atoms with E-state index in [4.69, 9.17) is 9.47 Å². The molecule has 0 N–H and O–H groups in total. The average molecular weight is 335 g/mol. The normalized spacial score (nSPS) is 15.5. The smallest absolute Gasteiger partial charge is 0.305 e. The summed E-state index contributed by atoms with van der Waals surface area (Å²) in [6.45, 7) is 2.76. The summed E-state index contributed by atoms with van der Waals surface area (Å²) in [5, 5.41) is 1.03. The molecule has 2 aliphatic carbocycles. The molecule has 1 aromatic rings. The lowest BCUT2D eigenvalue weighted by Gasteiger charge is -2.15. The minimum Gasteiger partial charge on any atom is -0.498 e. The molecule has 0 aliphatic heterocycles. The van der Waals surface area contributed by atoms with Crippen molar-refractivity contribution in [1.29, 1.82) is 0 Å². The quantitative estimate of drug-likeness (QED) is 0.490. The molecular weight excluding hydrogens is 318 g/mol. The molecule has 0 amide bonds. The van der Waals surface area contributed by atoms with Crippen LogP contribution in [0.2, 0.25) is 0 Å². The first-order valence-corrected chi connectivity index (χ1v) is 8.54. The lowest BCUT2D eigenvalue weighted by Crippen LogP contribution is -2.20. The number of rotatable bonds is 6. The molecule has 6 heteroatoms. The van der Waals surface area contributed by atoms with Gasteiger partial charge in [-0.3, -0.25) is 4.79 Å². The fraction of sp³-hybridized carbons (Fsp3) is 0.375. The maximum Gasteiger partial charge on any atom is 0.305 e. The Morgan fingerprint density at radius 3 is 3.14 bits per heavy atom. The predicted octanol–water partition coefficient (Wildman–Crippen LogP) is 1.95. The van der Waals surface area contributed by atoms with Crippen LogP contribution in [0.5, 0.6) is 0 Å². The van der Waals surface area contributed by atoms with Crippen LogP contribution in [0.15, 0.2) is 27.8 Å². The SMILES string of the molecule is CCOC(=O)CCCOC1=CC=C2C=c3sc(S)nc3=C2C1. The second-order valence-electron chi connectivity index (χ2n) is 5.02. The van der Waals surface area contributed by atoms with Gasteiger partial charge in [-0.2, -0.15) is 0 Å². The second kappa shape index (κ2) is 6.71. The molecule has 1 aromatic heterocycles. The van der Waals surface area contributed by atoms with E-state index >= 15 is 0 Å². The standard InChI is InChI=1S/C16H17NO3S2/c1-2-19-14(18)4-3-7-20-11-6-5-10-8-13-15(12(10)9-11)17-16(21)22-13/h5-6,8H,2-4,7,9H2,1H3,(H,17,21). The van der Waals surface area contributed by atoms with E-state index in [1.165, 1.54) is 15.7 Å². The number of hydrogen-bond donors (Lipinski definition) is 1. The Morgan fingerprint density at radius 2 is 2.32 bits per heavy atom. The molecule has 4 nitrogen and oxygen atoms in total. The number of carbonyl (C=O) groups is 1. The highest BCUT2D eigenvalue weighted by Crippen LogP contribution is 2.28. The van der Waals surface area contributed by atoms with Crippen LogP contribution in [0.25, 0.3) is 11.6 Å². The van der Waals surface area contributed by atoms with Crippen LogP contribution in [0, 0.1) is 0 Å². The summed E-state index contributed by atoms with van der Waals surface area (Å²) >= 11 is 5.91. The molecular formula is C16H17NO3S2. The number of nitrogens with zero attached hydrogens (tertiary/aromatic N) is 1. The predicted molar refractivity (Wildman–Crippen MR) is 89.1 cm³/mol. The van der Waals surface area contributed by atoms with E-state index in [1.54, 1.807) is 11.3 Å². The number of thiazole rings is 1. The Morgan fingerprint density at radius 1 is 1.45 bits per heavy atom. The molecule has 116 valence electrons. The average Bonchev–Trinajstić information content (AvgIpc) is 3.00. The molecule has 0 unspecified atom stereocenters. The fourth-order valence-corrected chi connectivity index (χ4v) is 3.68. The Kier molecular flexibility index (Phi) is 4.69. The third kappa shape index (κ3) is 3.28. The van der Waals surface area contributed by atoms with Crippen LogP contribution in [0.3, 0.4) is 0 Å². The molecule has 0 saturated carbocycles. The summed E-state index contributed by atoms with van der Waals surface area (Å²) in [6, 6.07) is 0. The minimum absolute atomic E-state index is 0.168. The van der Waals surface area contributed by atoms with Gasteiger partial charge < -0.3 is 9.47 Å². The number of hydrogen-bond acceptors (Lipinski definition) is 6. The van der Waals surface area contributed by atoms with Crippen LogP contribution < -0.4 is 9.88 Å². The molecule has 0 bridgehead atoms. The number of esters is 1. The molecule has 22 heavy (non-hydrogen) atoms. The van der Waals surface area contributed by atoms with Crippen LogP contribution in [0.1, 0.15) is 26.2 Å². The number of aromatic nitrogens is 1. The zero-order valence-corrected chi connectivity index (χ0v) is 14.0. The molecule has 2 aliphatic rings. The summed E-state index contributed by atoms with van der Waals surface area (Å²) in [5.74, 6) is 0.747. The van der Waals surface area contributed by atoms with E-state index in [0.29, 0.717) is 26.1 Å². The molecule has 3 rings (SSSR count). The third-order valence-electron chi connectivity index (χ3n) is 3.48. The van der Waals surface area contributed by atoms with Crippen LogP contribution >= 0.6 is 24.0 Å². The van der Waals surface area contributed by atoms with Crippen molar-refractivity contribution in [3.63, 3.8) is 0 Å². The molecule has 0 aromatic carbocycles. The number of thiol groups is 1. The Hall–Kier alpha value is -1.53. The highest BCUT2D eigenvalue weighted by atomic mass is 32.2. The lowest BCUT2D eigenvalue weighted by atomic mass is 10.00. The molecule has 0 saturated heterocycles. The van der Waals surface area contributed by atoms with Gasteiger partial charge >= 0.3 is 5.97 Å². The van der Waals surface area contributed by atoms with Crippen molar-refractivity contribution in [2.75, 3.05) is 13.2 Å². The summed E-state index contributed by atoms with van der Waals surface area (Å²) in [7, 11) is 0. The highest BCUT2D eigenvalue weighted by Gasteiger charge is 2.19. The van der Waals surface area contributed by atoms with Crippen LogP contribution in [-0.2, 0) is 14.3 Å². The molecule has 1 heterocycles. The topological polar surface area (TPSA) is 48.4 Å². The summed E-state index contributed by atoms with van der Waals surface area (Å²) in [4.78, 5) is 15.7. The van der Waals surface area contributed by atoms with Crippen molar-refractivity contribution in [2.45, 2.75) is 30.5 Å². The maximum absolute atomic E-state index is 11.3. The van der Waals surface area contributed by atoms with Gasteiger partial charge in [-0.15, -0.1) is 24.0 Å². The van der Waals surface area contributed by atoms with Gasteiger partial charge in [0.15, 0.2) is 0 Å². The first kappa shape index (κ1) is 15.4. The molecule has 0 atom stereocenters. The first-order chi connectivity index (χ1) is 10.7. The van der Waals surface area contributed by atoms with E-state index in [-0.39, 0.29) is 5.97 Å². The van der Waals surface area contributed by atoms with E-state index in [0.717, 1.165) is 21.9 Å². The third-order valence-corrected chi connectivity index (χ3v) is 4.66. The first-order valence-electron chi connectivity index (χ1n) is 7.27. The zero-order chi connectivity index (χ0) is 15.5. The second-order valence-corrected chi connectivity index (χ2v) is 6.78. The molecule has 0 fully saturated rings. The Balaban J connectivity index is 1.58. The van der Waals surface area contributed by atoms with Crippen molar-refractivity contribution in [1.82, 2.24) is 4.98 Å². The van der Waals surface area contributed by atoms with Gasteiger partial charge in [0.2, 0.25) is 0 Å². The van der Waals surface area contributed by atoms with Gasteiger partial charge in [0.25, 0.3) is 0 Å². The van der Waals surface area contributed by atoms with Crippen molar-refractivity contribution in [2.24, 2.45) is 0 Å². The number of ether oxygens (including phenoxy) is 2. The minimum atomic E-state index is -0.168. The zero-order valence-electron chi connectivity index (χ0n) is 12.3. The maximum atomic E-state index is 11.3. The van der Waals surface area contributed by atoms with Crippen molar-refractivity contribution in [3.05, 3.63) is 33.4 Å². The van der Waals surface area contributed by atoms with E-state index in [1.807, 2.05) is 13.0 Å². The van der Waals surface area contributed by atoms with Gasteiger partial charge in [0.05, 0.1) is 23.1 Å². The van der Waals surface area contributed by atoms with Crippen LogP contribution in [0.4, 0.5) is 0 Å². The number of carbonyl (C=O) groups excluding carboxylic acids is 1. The fourth-order valence-electron chi connectivity index (χ4n) is 2.50. The van der Waals surface area contributed by atoms with Gasteiger partial charge in [-0.1, -0.05) is 6.08 Å². The van der Waals surface area contributed by atoms with Crippen LogP contribution in [-0.4, -0.2) is 24.2 Å². The Bertz CT molecular complexity index is 774. The van der Waals surface area contributed by atoms with E-state index < -0.39 is 0 Å². The highest BCUT2D eigenvalue weighted by molar-refractivity contribution is 7.82. The van der Waals surface area contributed by atoms with Crippen molar-refractivity contribution in [3.8, 4) is 0 Å². The van der Waals surface area contributed by atoms with Gasteiger partial charge in [0.1, 0.15) is 10.1 Å². The molecule has 0 radical (unpaired) electrons. The van der Waals surface area contributed by atoms with E-state index in [9.17, 15) is 4.79 Å². The summed E-state index contributed by atoms with van der Waals surface area (Å²) in [5.41, 5.74) is 2.41. The lowest BCUT2D eigenvalue weighted by molar-refractivity contribution is -0.143. The number of fused-ring (bicyclic) bond motifs is 2. The molecule has 0 spiro atoms. The largest absolute Gasteiger partial charge is 0.498 e. The van der Waals surface area contributed by atoms with Gasteiger partial charge in [-0.25, -0.2) is 4.98 Å². The number of allylic oxidation sites excluding steroid dienone is 4. The van der Waals surface area contributed by atoms with Gasteiger partial charge in [0, 0.05) is 12.8 Å². The monoisotopic (exact) mass is 335 g/mol. The summed E-state index contributed by atoms with van der Waals surface area (Å²) in [6.07, 6.45) is 8.01. The van der Waals surface area contributed by atoms with Crippen molar-refractivity contribution >= 4 is 41.6 Å².